The zero-order valence-corrected chi connectivity index (χ0v) is 16.5. The molecule has 0 radical (unpaired) electrons. The van der Waals surface area contributed by atoms with Crippen molar-refractivity contribution in [1.29, 1.82) is 0 Å². The lowest BCUT2D eigenvalue weighted by atomic mass is 10.1. The molecule has 0 N–H and O–H groups in total. The summed E-state index contributed by atoms with van der Waals surface area (Å²) in [6.45, 7) is 3.07. The van der Waals surface area contributed by atoms with Crippen molar-refractivity contribution >= 4 is 11.6 Å². The predicted octanol–water partition coefficient (Wildman–Crippen LogP) is 4.52. The fourth-order valence-corrected chi connectivity index (χ4v) is 3.20. The topological polar surface area (TPSA) is 60.0 Å². The van der Waals surface area contributed by atoms with Crippen LogP contribution < -0.4 is 0 Å². The summed E-state index contributed by atoms with van der Waals surface area (Å²) >= 11 is 6.06. The number of nitrogens with zero attached hydrogens (tertiary/aromatic N) is 5. The molecule has 0 aliphatic carbocycles. The van der Waals surface area contributed by atoms with Crippen molar-refractivity contribution in [3.05, 3.63) is 83.1 Å². The van der Waals surface area contributed by atoms with Gasteiger partial charge in [0, 0.05) is 28.9 Å². The van der Waals surface area contributed by atoms with Crippen LogP contribution in [0, 0.1) is 6.92 Å². The molecule has 0 bridgehead atoms. The van der Waals surface area contributed by atoms with Crippen molar-refractivity contribution in [2.75, 3.05) is 7.05 Å². The van der Waals surface area contributed by atoms with Crippen LogP contribution >= 0.6 is 11.6 Å². The van der Waals surface area contributed by atoms with Gasteiger partial charge in [-0.2, -0.15) is 10.1 Å². The van der Waals surface area contributed by atoms with Crippen molar-refractivity contribution in [2.45, 2.75) is 20.0 Å². The van der Waals surface area contributed by atoms with E-state index in [-0.39, 0.29) is 0 Å². The Hall–Kier alpha value is -2.96. The monoisotopic (exact) mass is 393 g/mol. The Balaban J connectivity index is 1.65. The van der Waals surface area contributed by atoms with Gasteiger partial charge in [-0.05, 0) is 38.2 Å². The van der Waals surface area contributed by atoms with E-state index < -0.39 is 0 Å². The van der Waals surface area contributed by atoms with E-state index in [9.17, 15) is 0 Å². The first-order valence-electron chi connectivity index (χ1n) is 8.96. The minimum atomic E-state index is 0.567. The molecule has 6 nitrogen and oxygen atoms in total. The van der Waals surface area contributed by atoms with E-state index in [2.05, 4.69) is 21.2 Å². The third-order valence-electron chi connectivity index (χ3n) is 4.34. The summed E-state index contributed by atoms with van der Waals surface area (Å²) in [6.07, 6.45) is 2.06. The van der Waals surface area contributed by atoms with Crippen molar-refractivity contribution in [2.24, 2.45) is 0 Å². The van der Waals surface area contributed by atoms with Gasteiger partial charge in [0.25, 0.3) is 0 Å². The molecule has 0 aliphatic heterocycles. The molecule has 2 aromatic carbocycles. The maximum Gasteiger partial charge on any atom is 0.240 e. The molecule has 142 valence electrons. The van der Waals surface area contributed by atoms with Crippen molar-refractivity contribution in [3.63, 3.8) is 0 Å². The van der Waals surface area contributed by atoms with Crippen LogP contribution in [0.25, 0.3) is 16.9 Å². The third-order valence-corrected chi connectivity index (χ3v) is 4.60. The minimum Gasteiger partial charge on any atom is -0.338 e. The van der Waals surface area contributed by atoms with Crippen LogP contribution in [0.5, 0.6) is 0 Å². The fourth-order valence-electron chi connectivity index (χ4n) is 3.07. The standard InChI is InChI=1S/C21H20ClN5O/c1-15-23-20(28-25-15)14-26(2)12-17-13-27(19-6-4-3-5-7-19)24-21(17)16-8-10-18(22)11-9-16/h3-11,13H,12,14H2,1-2H3. The summed E-state index contributed by atoms with van der Waals surface area (Å²) in [5.41, 5.74) is 4.06. The Morgan fingerprint density at radius 2 is 1.79 bits per heavy atom. The summed E-state index contributed by atoms with van der Waals surface area (Å²) in [7, 11) is 2.02. The van der Waals surface area contributed by atoms with Gasteiger partial charge in [-0.25, -0.2) is 4.68 Å². The molecule has 7 heteroatoms. The number of aryl methyl sites for hydroxylation is 1. The smallest absolute Gasteiger partial charge is 0.240 e. The number of benzene rings is 2. The zero-order chi connectivity index (χ0) is 19.5. The molecule has 0 fully saturated rings. The van der Waals surface area contributed by atoms with Crippen LogP contribution in [0.4, 0.5) is 0 Å². The van der Waals surface area contributed by atoms with E-state index in [1.165, 1.54) is 0 Å². The van der Waals surface area contributed by atoms with Crippen molar-refractivity contribution < 1.29 is 4.52 Å². The summed E-state index contributed by atoms with van der Waals surface area (Å²) in [6, 6.07) is 17.8. The molecule has 4 rings (SSSR count). The van der Waals surface area contributed by atoms with Crippen molar-refractivity contribution in [3.8, 4) is 16.9 Å². The van der Waals surface area contributed by atoms with Gasteiger partial charge < -0.3 is 4.52 Å². The molecule has 0 atom stereocenters. The number of halogens is 1. The average molecular weight is 394 g/mol. The van der Waals surface area contributed by atoms with E-state index in [0.717, 1.165) is 22.5 Å². The Bertz CT molecular complexity index is 1060. The molecule has 28 heavy (non-hydrogen) atoms. The molecule has 0 unspecified atom stereocenters. The lowest BCUT2D eigenvalue weighted by Crippen LogP contribution is -2.17. The number of para-hydroxylation sites is 1. The predicted molar refractivity (Wildman–Crippen MR) is 108 cm³/mol. The molecule has 0 aliphatic rings. The van der Waals surface area contributed by atoms with Gasteiger partial charge >= 0.3 is 0 Å². The molecule has 0 saturated heterocycles. The minimum absolute atomic E-state index is 0.567. The van der Waals surface area contributed by atoms with Crippen LogP contribution in [0.2, 0.25) is 5.02 Å². The SMILES string of the molecule is Cc1noc(CN(C)Cc2cn(-c3ccccc3)nc2-c2ccc(Cl)cc2)n1. The quantitative estimate of drug-likeness (QED) is 0.482. The normalized spacial score (nSPS) is 11.3. The molecule has 2 heterocycles. The number of aromatic nitrogens is 4. The lowest BCUT2D eigenvalue weighted by molar-refractivity contribution is 0.260. The first-order chi connectivity index (χ1) is 13.6. The maximum absolute atomic E-state index is 6.06. The van der Waals surface area contributed by atoms with Gasteiger partial charge in [-0.1, -0.05) is 47.1 Å². The third kappa shape index (κ3) is 4.13. The Morgan fingerprint density at radius 1 is 1.04 bits per heavy atom. The van der Waals surface area contributed by atoms with Crippen LogP contribution in [0.3, 0.4) is 0 Å². The molecule has 0 amide bonds. The highest BCUT2D eigenvalue weighted by Gasteiger charge is 2.15. The molecular formula is C21H20ClN5O. The van der Waals surface area contributed by atoms with E-state index in [4.69, 9.17) is 21.2 Å². The molecule has 2 aromatic heterocycles. The van der Waals surface area contributed by atoms with Gasteiger partial charge in [0.2, 0.25) is 5.89 Å². The van der Waals surface area contributed by atoms with E-state index in [1.54, 1.807) is 0 Å². The Labute approximate surface area is 168 Å². The number of rotatable bonds is 6. The van der Waals surface area contributed by atoms with Gasteiger partial charge in [0.1, 0.15) is 0 Å². The molecule has 0 spiro atoms. The zero-order valence-electron chi connectivity index (χ0n) is 15.7. The fraction of sp³-hybridized carbons (Fsp3) is 0.190. The second-order valence-corrected chi connectivity index (χ2v) is 7.13. The lowest BCUT2D eigenvalue weighted by Gasteiger charge is -2.14. The second-order valence-electron chi connectivity index (χ2n) is 6.70. The van der Waals surface area contributed by atoms with Crippen molar-refractivity contribution in [1.82, 2.24) is 24.8 Å². The average Bonchev–Trinajstić information content (AvgIpc) is 3.29. The summed E-state index contributed by atoms with van der Waals surface area (Å²) < 4.78 is 7.14. The van der Waals surface area contributed by atoms with E-state index in [1.807, 2.05) is 73.3 Å². The van der Waals surface area contributed by atoms with Crippen LogP contribution in [-0.2, 0) is 13.1 Å². The van der Waals surface area contributed by atoms with Crippen LogP contribution in [0.1, 0.15) is 17.3 Å². The summed E-state index contributed by atoms with van der Waals surface area (Å²) in [4.78, 5) is 6.40. The highest BCUT2D eigenvalue weighted by Crippen LogP contribution is 2.26. The highest BCUT2D eigenvalue weighted by atomic mass is 35.5. The molecule has 0 saturated carbocycles. The van der Waals surface area contributed by atoms with Crippen LogP contribution in [0.15, 0.2) is 65.3 Å². The molecule has 4 aromatic rings. The van der Waals surface area contributed by atoms with Gasteiger partial charge in [0.05, 0.1) is 17.9 Å². The van der Waals surface area contributed by atoms with E-state index >= 15 is 0 Å². The van der Waals surface area contributed by atoms with Gasteiger partial charge in [-0.15, -0.1) is 0 Å². The van der Waals surface area contributed by atoms with E-state index in [0.29, 0.717) is 29.8 Å². The highest BCUT2D eigenvalue weighted by molar-refractivity contribution is 6.30. The molecular weight excluding hydrogens is 374 g/mol. The maximum atomic E-state index is 6.06. The Kier molecular flexibility index (Phi) is 5.23. The first kappa shape index (κ1) is 18.4. The largest absolute Gasteiger partial charge is 0.338 e. The van der Waals surface area contributed by atoms with Gasteiger partial charge in [-0.3, -0.25) is 4.90 Å². The first-order valence-corrected chi connectivity index (χ1v) is 9.34. The number of hydrogen-bond donors (Lipinski definition) is 0. The Morgan fingerprint density at radius 3 is 2.46 bits per heavy atom. The van der Waals surface area contributed by atoms with Crippen LogP contribution in [-0.4, -0.2) is 31.9 Å². The second kappa shape index (κ2) is 7.96. The summed E-state index contributed by atoms with van der Waals surface area (Å²) in [5, 5.41) is 9.40. The van der Waals surface area contributed by atoms with Gasteiger partial charge in [0.15, 0.2) is 5.82 Å². The number of hydrogen-bond acceptors (Lipinski definition) is 5. The summed E-state index contributed by atoms with van der Waals surface area (Å²) in [5.74, 6) is 1.24.